The van der Waals surface area contributed by atoms with Crippen LogP contribution in [0.25, 0.3) is 0 Å². The van der Waals surface area contributed by atoms with E-state index < -0.39 is 29.7 Å². The standard InChI is InChI=1S/C27H25F3N4O3/c28-27(29,30)21-11-13-22(14-12-21)32-26(37)33-15-16-34(25(36)20-9-5-2-6-10-20)23(18-33)24(35)31-17-19-7-3-1-4-8-19/h1-14,23H,15-18H2,(H,31,35)(H,32,37). The highest BCUT2D eigenvalue weighted by Crippen LogP contribution is 2.30. The summed E-state index contributed by atoms with van der Waals surface area (Å²) >= 11 is 0. The zero-order valence-electron chi connectivity index (χ0n) is 19.7. The van der Waals surface area contributed by atoms with Crippen LogP contribution >= 0.6 is 0 Å². The molecule has 1 unspecified atom stereocenters. The molecule has 37 heavy (non-hydrogen) atoms. The van der Waals surface area contributed by atoms with Gasteiger partial charge < -0.3 is 20.4 Å². The molecule has 1 aliphatic heterocycles. The second-order valence-electron chi connectivity index (χ2n) is 8.54. The Hall–Kier alpha value is -4.34. The minimum atomic E-state index is -4.48. The molecule has 0 aromatic heterocycles. The van der Waals surface area contributed by atoms with E-state index in [1.54, 1.807) is 30.3 Å². The van der Waals surface area contributed by atoms with Gasteiger partial charge in [-0.05, 0) is 42.0 Å². The van der Waals surface area contributed by atoms with Crippen molar-refractivity contribution in [1.29, 1.82) is 0 Å². The summed E-state index contributed by atoms with van der Waals surface area (Å²) in [4.78, 5) is 42.1. The number of rotatable bonds is 5. The summed E-state index contributed by atoms with van der Waals surface area (Å²) in [5.74, 6) is -0.747. The summed E-state index contributed by atoms with van der Waals surface area (Å²) in [6.45, 7) is 0.429. The van der Waals surface area contributed by atoms with E-state index in [9.17, 15) is 27.6 Å². The van der Waals surface area contributed by atoms with E-state index in [4.69, 9.17) is 0 Å². The Morgan fingerprint density at radius 3 is 2.08 bits per heavy atom. The van der Waals surface area contributed by atoms with Crippen molar-refractivity contribution < 1.29 is 27.6 Å². The van der Waals surface area contributed by atoms with E-state index in [1.165, 1.54) is 21.9 Å². The molecule has 7 nitrogen and oxygen atoms in total. The predicted molar refractivity (Wildman–Crippen MR) is 132 cm³/mol. The number of piperazine rings is 1. The van der Waals surface area contributed by atoms with Crippen LogP contribution in [0.4, 0.5) is 23.7 Å². The molecule has 1 fully saturated rings. The number of carbonyl (C=O) groups excluding carboxylic acids is 3. The molecule has 1 atom stereocenters. The third-order valence-corrected chi connectivity index (χ3v) is 6.02. The smallest absolute Gasteiger partial charge is 0.350 e. The Labute approximate surface area is 211 Å². The quantitative estimate of drug-likeness (QED) is 0.535. The SMILES string of the molecule is O=C(NCc1ccccc1)C1CN(C(=O)Nc2ccc(C(F)(F)F)cc2)CCN1C(=O)c1ccccc1. The molecular weight excluding hydrogens is 485 g/mol. The van der Waals surface area contributed by atoms with Crippen molar-refractivity contribution in [2.75, 3.05) is 25.0 Å². The number of anilines is 1. The Bertz CT molecular complexity index is 1240. The second kappa shape index (κ2) is 11.2. The van der Waals surface area contributed by atoms with Crippen LogP contribution in [-0.2, 0) is 17.5 Å². The van der Waals surface area contributed by atoms with Crippen LogP contribution in [0.15, 0.2) is 84.9 Å². The van der Waals surface area contributed by atoms with Gasteiger partial charge in [-0.3, -0.25) is 9.59 Å². The number of benzene rings is 3. The molecular formula is C27H25F3N4O3. The van der Waals surface area contributed by atoms with E-state index >= 15 is 0 Å². The highest BCUT2D eigenvalue weighted by molar-refractivity contribution is 5.98. The first-order valence-electron chi connectivity index (χ1n) is 11.6. The number of hydrogen-bond acceptors (Lipinski definition) is 3. The van der Waals surface area contributed by atoms with Gasteiger partial charge in [0.05, 0.1) is 12.1 Å². The number of nitrogens with zero attached hydrogens (tertiary/aromatic N) is 2. The van der Waals surface area contributed by atoms with Gasteiger partial charge >= 0.3 is 12.2 Å². The third kappa shape index (κ3) is 6.46. The molecule has 1 aliphatic rings. The van der Waals surface area contributed by atoms with Crippen LogP contribution in [0.3, 0.4) is 0 Å². The molecule has 192 valence electrons. The Kier molecular flexibility index (Phi) is 7.76. The van der Waals surface area contributed by atoms with E-state index in [-0.39, 0.29) is 37.8 Å². The van der Waals surface area contributed by atoms with E-state index in [1.807, 2.05) is 30.3 Å². The zero-order chi connectivity index (χ0) is 26.4. The molecule has 3 aromatic carbocycles. The maximum absolute atomic E-state index is 13.2. The van der Waals surface area contributed by atoms with Gasteiger partial charge in [0.2, 0.25) is 5.91 Å². The molecule has 0 bridgehead atoms. The van der Waals surface area contributed by atoms with Gasteiger partial charge in [0.25, 0.3) is 5.91 Å². The molecule has 2 N–H and O–H groups in total. The molecule has 0 radical (unpaired) electrons. The Morgan fingerprint density at radius 2 is 1.46 bits per heavy atom. The summed E-state index contributed by atoms with van der Waals surface area (Å²) in [7, 11) is 0. The average Bonchev–Trinajstić information content (AvgIpc) is 2.92. The van der Waals surface area contributed by atoms with Gasteiger partial charge in [-0.25, -0.2) is 4.79 Å². The minimum absolute atomic E-state index is 0.0777. The van der Waals surface area contributed by atoms with Gasteiger partial charge in [-0.2, -0.15) is 13.2 Å². The lowest BCUT2D eigenvalue weighted by Crippen LogP contribution is -2.62. The van der Waals surface area contributed by atoms with Crippen molar-refractivity contribution in [1.82, 2.24) is 15.1 Å². The van der Waals surface area contributed by atoms with Crippen LogP contribution in [0.1, 0.15) is 21.5 Å². The minimum Gasteiger partial charge on any atom is -0.350 e. The number of urea groups is 1. The fraction of sp³-hybridized carbons (Fsp3) is 0.222. The number of halogens is 3. The molecule has 10 heteroatoms. The number of nitrogens with one attached hydrogen (secondary N) is 2. The Balaban J connectivity index is 1.48. The largest absolute Gasteiger partial charge is 0.416 e. The normalized spacial score (nSPS) is 15.7. The first-order chi connectivity index (χ1) is 17.7. The highest BCUT2D eigenvalue weighted by Gasteiger charge is 2.37. The first-order valence-corrected chi connectivity index (χ1v) is 11.6. The van der Waals surface area contributed by atoms with Gasteiger partial charge in [0, 0.05) is 30.9 Å². The van der Waals surface area contributed by atoms with Crippen LogP contribution in [0.2, 0.25) is 0 Å². The number of carbonyl (C=O) groups is 3. The maximum Gasteiger partial charge on any atom is 0.416 e. The second-order valence-corrected chi connectivity index (χ2v) is 8.54. The molecule has 4 rings (SSSR count). The van der Waals surface area contributed by atoms with Crippen molar-refractivity contribution in [3.8, 4) is 0 Å². The van der Waals surface area contributed by atoms with Crippen LogP contribution < -0.4 is 10.6 Å². The molecule has 3 aromatic rings. The lowest BCUT2D eigenvalue weighted by Gasteiger charge is -2.40. The van der Waals surface area contributed by atoms with Crippen molar-refractivity contribution >= 4 is 23.5 Å². The predicted octanol–water partition coefficient (Wildman–Crippen LogP) is 4.38. The average molecular weight is 511 g/mol. The lowest BCUT2D eigenvalue weighted by molar-refractivity contribution is -0.137. The summed E-state index contributed by atoms with van der Waals surface area (Å²) in [5, 5.41) is 5.40. The number of hydrogen-bond donors (Lipinski definition) is 2. The molecule has 4 amide bonds. The van der Waals surface area contributed by atoms with Crippen molar-refractivity contribution in [3.05, 3.63) is 102 Å². The van der Waals surface area contributed by atoms with Crippen LogP contribution in [0.5, 0.6) is 0 Å². The van der Waals surface area contributed by atoms with Gasteiger partial charge in [0.1, 0.15) is 6.04 Å². The highest BCUT2D eigenvalue weighted by atomic mass is 19.4. The van der Waals surface area contributed by atoms with E-state index in [2.05, 4.69) is 10.6 Å². The molecule has 0 spiro atoms. The van der Waals surface area contributed by atoms with Gasteiger partial charge in [-0.15, -0.1) is 0 Å². The molecule has 1 heterocycles. The lowest BCUT2D eigenvalue weighted by atomic mass is 10.1. The van der Waals surface area contributed by atoms with Crippen LogP contribution in [0, 0.1) is 0 Å². The molecule has 0 saturated carbocycles. The first kappa shape index (κ1) is 25.7. The van der Waals surface area contributed by atoms with Crippen molar-refractivity contribution in [3.63, 3.8) is 0 Å². The number of amides is 4. The monoisotopic (exact) mass is 510 g/mol. The fourth-order valence-electron chi connectivity index (χ4n) is 4.03. The maximum atomic E-state index is 13.2. The van der Waals surface area contributed by atoms with E-state index in [0.29, 0.717) is 5.56 Å². The summed E-state index contributed by atoms with van der Waals surface area (Å²) < 4.78 is 38.5. The van der Waals surface area contributed by atoms with Crippen molar-refractivity contribution in [2.24, 2.45) is 0 Å². The molecule has 1 saturated heterocycles. The summed E-state index contributed by atoms with van der Waals surface area (Å²) in [6.07, 6.45) is -4.48. The van der Waals surface area contributed by atoms with Crippen LogP contribution in [-0.4, -0.2) is 53.3 Å². The van der Waals surface area contributed by atoms with Gasteiger partial charge in [0.15, 0.2) is 0 Å². The summed E-state index contributed by atoms with van der Waals surface area (Å²) in [6, 6.07) is 20.4. The topological polar surface area (TPSA) is 81.8 Å². The van der Waals surface area contributed by atoms with Crippen molar-refractivity contribution in [2.45, 2.75) is 18.8 Å². The van der Waals surface area contributed by atoms with E-state index in [0.717, 1.165) is 17.7 Å². The zero-order valence-corrected chi connectivity index (χ0v) is 19.7. The third-order valence-electron chi connectivity index (χ3n) is 6.02. The number of alkyl halides is 3. The van der Waals surface area contributed by atoms with Gasteiger partial charge in [-0.1, -0.05) is 48.5 Å². The Morgan fingerprint density at radius 1 is 0.838 bits per heavy atom. The summed E-state index contributed by atoms with van der Waals surface area (Å²) in [5.41, 5.74) is 0.662. The molecule has 0 aliphatic carbocycles. The fourth-order valence-corrected chi connectivity index (χ4v) is 4.03.